The van der Waals surface area contributed by atoms with Gasteiger partial charge in [0.25, 0.3) is 5.56 Å². The van der Waals surface area contributed by atoms with Crippen molar-refractivity contribution in [3.05, 3.63) is 28.7 Å². The third kappa shape index (κ3) is 3.52. The number of pyridine rings is 1. The molecular weight excluding hydrogens is 306 g/mol. The van der Waals surface area contributed by atoms with Crippen LogP contribution in [0.3, 0.4) is 0 Å². The first-order valence-electron chi connectivity index (χ1n) is 8.77. The van der Waals surface area contributed by atoms with Gasteiger partial charge in [-0.05, 0) is 49.1 Å². The molecule has 2 amide bonds. The summed E-state index contributed by atoms with van der Waals surface area (Å²) in [4.78, 5) is 35.2. The average Bonchev–Trinajstić information content (AvgIpc) is 2.55. The molecule has 24 heavy (non-hydrogen) atoms. The summed E-state index contributed by atoms with van der Waals surface area (Å²) in [6.07, 6.45) is 8.20. The summed E-state index contributed by atoms with van der Waals surface area (Å²) < 4.78 is 1.33. The van der Waals surface area contributed by atoms with Gasteiger partial charge in [0.15, 0.2) is 0 Å². The molecule has 2 N–H and O–H groups in total. The van der Waals surface area contributed by atoms with E-state index >= 15 is 0 Å². The van der Waals surface area contributed by atoms with Gasteiger partial charge in [-0.15, -0.1) is 0 Å². The summed E-state index contributed by atoms with van der Waals surface area (Å²) >= 11 is 0. The van der Waals surface area contributed by atoms with Gasteiger partial charge in [-0.3, -0.25) is 14.4 Å². The standard InChI is InChI=1S/C18H25N3O3/c1-12-8-13-4-2-5-14(9-13)17(12)20-16(23)10-21-7-3-6-15(18(21)24)19-11-22/h3,6-7,11-14,17H,2,4-5,8-10H2,1H3,(H,19,22)(H,20,23). The zero-order chi connectivity index (χ0) is 17.1. The fourth-order valence-electron chi connectivity index (χ4n) is 4.49. The first-order valence-corrected chi connectivity index (χ1v) is 8.77. The normalized spacial score (nSPS) is 28.9. The van der Waals surface area contributed by atoms with Crippen LogP contribution in [0.2, 0.25) is 0 Å². The Hall–Kier alpha value is -2.11. The summed E-state index contributed by atoms with van der Waals surface area (Å²) in [7, 11) is 0. The Morgan fingerprint density at radius 1 is 1.38 bits per heavy atom. The van der Waals surface area contributed by atoms with E-state index in [4.69, 9.17) is 0 Å². The Morgan fingerprint density at radius 2 is 2.21 bits per heavy atom. The molecule has 4 unspecified atom stereocenters. The highest BCUT2D eigenvalue weighted by Gasteiger charge is 2.38. The molecule has 130 valence electrons. The highest BCUT2D eigenvalue weighted by atomic mass is 16.2. The smallest absolute Gasteiger partial charge is 0.274 e. The third-order valence-corrected chi connectivity index (χ3v) is 5.53. The Bertz CT molecular complexity index is 668. The molecule has 1 aromatic heterocycles. The van der Waals surface area contributed by atoms with Crippen molar-refractivity contribution in [3.63, 3.8) is 0 Å². The molecule has 2 bridgehead atoms. The maximum atomic E-state index is 12.4. The minimum Gasteiger partial charge on any atom is -0.351 e. The Morgan fingerprint density at radius 3 is 3.00 bits per heavy atom. The molecule has 1 aromatic rings. The van der Waals surface area contributed by atoms with Gasteiger partial charge in [-0.2, -0.15) is 0 Å². The monoisotopic (exact) mass is 331 g/mol. The van der Waals surface area contributed by atoms with Crippen LogP contribution in [-0.2, 0) is 16.1 Å². The van der Waals surface area contributed by atoms with Crippen LogP contribution in [0.1, 0.15) is 39.0 Å². The van der Waals surface area contributed by atoms with E-state index in [0.717, 1.165) is 5.92 Å². The molecule has 6 nitrogen and oxygen atoms in total. The average molecular weight is 331 g/mol. The fraction of sp³-hybridized carbons (Fsp3) is 0.611. The van der Waals surface area contributed by atoms with Gasteiger partial charge in [-0.25, -0.2) is 0 Å². The highest BCUT2D eigenvalue weighted by Crippen LogP contribution is 2.42. The van der Waals surface area contributed by atoms with Crippen molar-refractivity contribution in [2.75, 3.05) is 5.32 Å². The molecule has 6 heteroatoms. The molecule has 1 heterocycles. The Balaban J connectivity index is 1.66. The number of carbonyl (C=O) groups excluding carboxylic acids is 2. The number of amides is 2. The van der Waals surface area contributed by atoms with Crippen molar-refractivity contribution in [2.24, 2.45) is 17.8 Å². The van der Waals surface area contributed by atoms with Crippen LogP contribution in [0.15, 0.2) is 23.1 Å². The lowest BCUT2D eigenvalue weighted by Gasteiger charge is -2.44. The molecule has 2 aliphatic carbocycles. The number of fused-ring (bicyclic) bond motifs is 2. The van der Waals surface area contributed by atoms with Gasteiger partial charge in [-0.1, -0.05) is 19.8 Å². The van der Waals surface area contributed by atoms with Gasteiger partial charge < -0.3 is 15.2 Å². The van der Waals surface area contributed by atoms with Crippen molar-refractivity contribution in [1.29, 1.82) is 0 Å². The lowest BCUT2D eigenvalue weighted by Crippen LogP contribution is -2.50. The van der Waals surface area contributed by atoms with Crippen LogP contribution >= 0.6 is 0 Å². The van der Waals surface area contributed by atoms with Crippen molar-refractivity contribution < 1.29 is 9.59 Å². The molecule has 0 aromatic carbocycles. The van der Waals surface area contributed by atoms with E-state index in [1.807, 2.05) is 0 Å². The van der Waals surface area contributed by atoms with E-state index in [2.05, 4.69) is 17.6 Å². The molecule has 0 aliphatic heterocycles. The molecule has 4 atom stereocenters. The lowest BCUT2D eigenvalue weighted by molar-refractivity contribution is -0.124. The predicted molar refractivity (Wildman–Crippen MR) is 91.5 cm³/mol. The van der Waals surface area contributed by atoms with Crippen LogP contribution < -0.4 is 16.2 Å². The number of carbonyl (C=O) groups is 2. The molecule has 3 rings (SSSR count). The summed E-state index contributed by atoms with van der Waals surface area (Å²) in [6.45, 7) is 2.20. The second kappa shape index (κ2) is 7.20. The van der Waals surface area contributed by atoms with Gasteiger partial charge in [0, 0.05) is 12.2 Å². The number of anilines is 1. The number of hydrogen-bond donors (Lipinski definition) is 2. The van der Waals surface area contributed by atoms with Crippen LogP contribution in [0.4, 0.5) is 5.69 Å². The van der Waals surface area contributed by atoms with Gasteiger partial charge in [0.2, 0.25) is 12.3 Å². The zero-order valence-electron chi connectivity index (χ0n) is 14.0. The first kappa shape index (κ1) is 16.7. The minimum absolute atomic E-state index is 0.0213. The lowest BCUT2D eigenvalue weighted by atomic mass is 9.65. The maximum absolute atomic E-state index is 12.4. The van der Waals surface area contributed by atoms with E-state index < -0.39 is 0 Å². The SMILES string of the molecule is CC1CC2CCCC(C2)C1NC(=O)Cn1cccc(NC=O)c1=O. The summed E-state index contributed by atoms with van der Waals surface area (Å²) in [6, 6.07) is 3.38. The van der Waals surface area contributed by atoms with Gasteiger partial charge in [0.1, 0.15) is 12.2 Å². The molecule has 2 fully saturated rings. The second-order valence-corrected chi connectivity index (χ2v) is 7.22. The van der Waals surface area contributed by atoms with Crippen molar-refractivity contribution in [3.8, 4) is 0 Å². The van der Waals surface area contributed by atoms with Crippen molar-refractivity contribution >= 4 is 18.0 Å². The van der Waals surface area contributed by atoms with Crippen LogP contribution in [0.5, 0.6) is 0 Å². The van der Waals surface area contributed by atoms with E-state index in [1.165, 1.54) is 42.7 Å². The number of aromatic nitrogens is 1. The summed E-state index contributed by atoms with van der Waals surface area (Å²) in [5, 5.41) is 5.52. The minimum atomic E-state index is -0.367. The molecular formula is C18H25N3O3. The molecule has 2 saturated carbocycles. The topological polar surface area (TPSA) is 80.2 Å². The Kier molecular flexibility index (Phi) is 5.02. The summed E-state index contributed by atoms with van der Waals surface area (Å²) in [5.41, 5.74) is -0.185. The molecule has 0 saturated heterocycles. The van der Waals surface area contributed by atoms with Crippen molar-refractivity contribution in [1.82, 2.24) is 9.88 Å². The molecule has 0 radical (unpaired) electrons. The van der Waals surface area contributed by atoms with Gasteiger partial charge >= 0.3 is 0 Å². The van der Waals surface area contributed by atoms with Crippen LogP contribution in [0, 0.1) is 17.8 Å². The third-order valence-electron chi connectivity index (χ3n) is 5.53. The highest BCUT2D eigenvalue weighted by molar-refractivity contribution is 5.76. The fourth-order valence-corrected chi connectivity index (χ4v) is 4.49. The van der Waals surface area contributed by atoms with E-state index in [0.29, 0.717) is 18.2 Å². The van der Waals surface area contributed by atoms with Crippen LogP contribution in [0.25, 0.3) is 0 Å². The predicted octanol–water partition coefficient (Wildman–Crippen LogP) is 1.75. The van der Waals surface area contributed by atoms with E-state index in [1.54, 1.807) is 12.3 Å². The summed E-state index contributed by atoms with van der Waals surface area (Å²) in [5.74, 6) is 1.73. The Labute approximate surface area is 141 Å². The van der Waals surface area contributed by atoms with Crippen molar-refractivity contribution in [2.45, 2.75) is 51.6 Å². The quantitative estimate of drug-likeness (QED) is 0.807. The molecule has 0 spiro atoms. The van der Waals surface area contributed by atoms with Crippen LogP contribution in [-0.4, -0.2) is 22.9 Å². The number of rotatable bonds is 5. The number of hydrogen-bond acceptors (Lipinski definition) is 3. The molecule has 2 aliphatic rings. The zero-order valence-corrected chi connectivity index (χ0v) is 14.0. The first-order chi connectivity index (χ1) is 11.6. The van der Waals surface area contributed by atoms with Gasteiger partial charge in [0.05, 0.1) is 0 Å². The number of nitrogens with zero attached hydrogens (tertiary/aromatic N) is 1. The van der Waals surface area contributed by atoms with E-state index in [-0.39, 0.29) is 29.7 Å². The maximum Gasteiger partial charge on any atom is 0.274 e. The number of nitrogens with one attached hydrogen (secondary N) is 2. The largest absolute Gasteiger partial charge is 0.351 e. The van der Waals surface area contributed by atoms with E-state index in [9.17, 15) is 14.4 Å². The second-order valence-electron chi connectivity index (χ2n) is 7.22.